The number of nitrogens with zero attached hydrogens (tertiary/aromatic N) is 1. The van der Waals surface area contributed by atoms with Crippen LogP contribution in [0.2, 0.25) is 0 Å². The quantitative estimate of drug-likeness (QED) is 0.468. The van der Waals surface area contributed by atoms with Crippen molar-refractivity contribution < 1.29 is 28.6 Å². The first-order valence-corrected chi connectivity index (χ1v) is 10.3. The van der Waals surface area contributed by atoms with E-state index >= 15 is 0 Å². The Hall–Kier alpha value is -3.33. The molecule has 1 aliphatic rings. The molecule has 0 spiro atoms. The van der Waals surface area contributed by atoms with E-state index < -0.39 is 17.8 Å². The van der Waals surface area contributed by atoms with Gasteiger partial charge in [0.25, 0.3) is 11.8 Å². The van der Waals surface area contributed by atoms with E-state index in [1.807, 2.05) is 13.8 Å². The van der Waals surface area contributed by atoms with Crippen LogP contribution in [0.5, 0.6) is 17.2 Å². The number of ether oxygens (including phenoxy) is 3. The van der Waals surface area contributed by atoms with Crippen molar-refractivity contribution in [2.45, 2.75) is 13.8 Å². The zero-order valence-corrected chi connectivity index (χ0v) is 18.8. The van der Waals surface area contributed by atoms with E-state index in [-0.39, 0.29) is 5.57 Å². The molecular weight excluding hydrogens is 468 g/mol. The SMILES string of the molecule is CCOc1ccc(N2C(=O)NC(=O)C(=Cc3cc(Br)c(OC)c(OCC)c3)C2=O)cc1. The number of imide groups is 2. The van der Waals surface area contributed by atoms with E-state index in [2.05, 4.69) is 21.2 Å². The summed E-state index contributed by atoms with van der Waals surface area (Å²) >= 11 is 3.40. The van der Waals surface area contributed by atoms with Gasteiger partial charge in [0.05, 0.1) is 30.5 Å². The van der Waals surface area contributed by atoms with Crippen molar-refractivity contribution in [3.63, 3.8) is 0 Å². The van der Waals surface area contributed by atoms with Gasteiger partial charge in [-0.05, 0) is 77.8 Å². The topological polar surface area (TPSA) is 94.2 Å². The number of urea groups is 1. The summed E-state index contributed by atoms with van der Waals surface area (Å²) in [6.07, 6.45) is 1.40. The predicted molar refractivity (Wildman–Crippen MR) is 118 cm³/mol. The number of rotatable bonds is 7. The van der Waals surface area contributed by atoms with Gasteiger partial charge in [0.15, 0.2) is 11.5 Å². The number of carbonyl (C=O) groups excluding carboxylic acids is 3. The maximum Gasteiger partial charge on any atom is 0.335 e. The fourth-order valence-corrected chi connectivity index (χ4v) is 3.67. The molecule has 0 aliphatic carbocycles. The Bertz CT molecular complexity index is 1050. The lowest BCUT2D eigenvalue weighted by Crippen LogP contribution is -2.54. The number of methoxy groups -OCH3 is 1. The highest BCUT2D eigenvalue weighted by Crippen LogP contribution is 2.37. The van der Waals surface area contributed by atoms with Crippen molar-refractivity contribution in [1.29, 1.82) is 0 Å². The van der Waals surface area contributed by atoms with Crippen LogP contribution in [0.15, 0.2) is 46.4 Å². The molecule has 0 atom stereocenters. The fourth-order valence-electron chi connectivity index (χ4n) is 3.05. The molecule has 9 heteroatoms. The van der Waals surface area contributed by atoms with Crippen molar-refractivity contribution in [3.05, 3.63) is 52.0 Å². The molecule has 1 fully saturated rings. The molecule has 31 heavy (non-hydrogen) atoms. The minimum Gasteiger partial charge on any atom is -0.494 e. The highest BCUT2D eigenvalue weighted by molar-refractivity contribution is 9.10. The van der Waals surface area contributed by atoms with Gasteiger partial charge in [-0.3, -0.25) is 14.9 Å². The monoisotopic (exact) mass is 488 g/mol. The van der Waals surface area contributed by atoms with Crippen molar-refractivity contribution >= 4 is 45.5 Å². The molecule has 162 valence electrons. The minimum absolute atomic E-state index is 0.187. The summed E-state index contributed by atoms with van der Waals surface area (Å²) in [5.41, 5.74) is 0.652. The third-order valence-corrected chi connectivity index (χ3v) is 4.94. The highest BCUT2D eigenvalue weighted by atomic mass is 79.9. The van der Waals surface area contributed by atoms with Crippen molar-refractivity contribution in [3.8, 4) is 17.2 Å². The second kappa shape index (κ2) is 9.65. The Morgan fingerprint density at radius 3 is 2.32 bits per heavy atom. The van der Waals surface area contributed by atoms with Gasteiger partial charge in [-0.15, -0.1) is 0 Å². The van der Waals surface area contributed by atoms with Crippen LogP contribution in [-0.2, 0) is 9.59 Å². The molecule has 2 aromatic rings. The average Bonchev–Trinajstić information content (AvgIpc) is 2.72. The zero-order chi connectivity index (χ0) is 22.5. The second-order valence-corrected chi connectivity index (χ2v) is 7.21. The summed E-state index contributed by atoms with van der Waals surface area (Å²) in [5, 5.41) is 2.21. The zero-order valence-electron chi connectivity index (χ0n) is 17.2. The first kappa shape index (κ1) is 22.4. The van der Waals surface area contributed by atoms with Gasteiger partial charge >= 0.3 is 6.03 Å². The average molecular weight is 489 g/mol. The van der Waals surface area contributed by atoms with Crippen LogP contribution in [0.25, 0.3) is 6.08 Å². The lowest BCUT2D eigenvalue weighted by Gasteiger charge is -2.26. The number of hydrogen-bond donors (Lipinski definition) is 1. The van der Waals surface area contributed by atoms with Gasteiger partial charge in [-0.2, -0.15) is 0 Å². The van der Waals surface area contributed by atoms with Crippen LogP contribution >= 0.6 is 15.9 Å². The molecular formula is C22H21BrN2O6. The second-order valence-electron chi connectivity index (χ2n) is 6.35. The molecule has 0 radical (unpaired) electrons. The normalized spacial score (nSPS) is 15.2. The smallest absolute Gasteiger partial charge is 0.335 e. The molecule has 0 bridgehead atoms. The van der Waals surface area contributed by atoms with Gasteiger partial charge < -0.3 is 14.2 Å². The van der Waals surface area contributed by atoms with Crippen LogP contribution in [0.1, 0.15) is 19.4 Å². The van der Waals surface area contributed by atoms with E-state index in [0.717, 1.165) is 4.90 Å². The van der Waals surface area contributed by atoms with Crippen molar-refractivity contribution in [2.24, 2.45) is 0 Å². The Labute approximate surface area is 187 Å². The number of carbonyl (C=O) groups is 3. The highest BCUT2D eigenvalue weighted by Gasteiger charge is 2.36. The molecule has 0 saturated carbocycles. The summed E-state index contributed by atoms with van der Waals surface area (Å²) in [6, 6.07) is 8.97. The largest absolute Gasteiger partial charge is 0.494 e. The van der Waals surface area contributed by atoms with E-state index in [9.17, 15) is 14.4 Å². The molecule has 4 amide bonds. The maximum absolute atomic E-state index is 13.1. The number of benzene rings is 2. The number of barbiturate groups is 1. The molecule has 0 unspecified atom stereocenters. The van der Waals surface area contributed by atoms with Gasteiger partial charge in [-0.25, -0.2) is 9.69 Å². The van der Waals surface area contributed by atoms with E-state index in [0.29, 0.717) is 46.2 Å². The van der Waals surface area contributed by atoms with Crippen LogP contribution < -0.4 is 24.4 Å². The number of hydrogen-bond acceptors (Lipinski definition) is 6. The number of halogens is 1. The summed E-state index contributed by atoms with van der Waals surface area (Å²) < 4.78 is 16.9. The molecule has 1 saturated heterocycles. The number of amides is 4. The molecule has 0 aromatic heterocycles. The molecule has 1 heterocycles. The maximum atomic E-state index is 13.1. The fraction of sp³-hybridized carbons (Fsp3) is 0.227. The standard InChI is InChI=1S/C22H21BrN2O6/c1-4-30-15-8-6-14(7-9-15)25-21(27)16(20(26)24-22(25)28)10-13-11-17(23)19(29-3)18(12-13)31-5-2/h6-12H,4-5H2,1-3H3,(H,24,26,28). The van der Waals surface area contributed by atoms with E-state index in [1.165, 1.54) is 13.2 Å². The lowest BCUT2D eigenvalue weighted by molar-refractivity contribution is -0.122. The number of anilines is 1. The van der Waals surface area contributed by atoms with Crippen LogP contribution in [-0.4, -0.2) is 38.2 Å². The van der Waals surface area contributed by atoms with Gasteiger partial charge in [0.2, 0.25) is 0 Å². The Morgan fingerprint density at radius 1 is 1.03 bits per heavy atom. The Morgan fingerprint density at radius 2 is 1.71 bits per heavy atom. The first-order chi connectivity index (χ1) is 14.9. The van der Waals surface area contributed by atoms with E-state index in [1.54, 1.807) is 36.4 Å². The molecule has 1 aliphatic heterocycles. The minimum atomic E-state index is -0.817. The summed E-state index contributed by atoms with van der Waals surface area (Å²) in [6.45, 7) is 4.58. The van der Waals surface area contributed by atoms with E-state index in [4.69, 9.17) is 14.2 Å². The number of nitrogens with one attached hydrogen (secondary N) is 1. The lowest BCUT2D eigenvalue weighted by atomic mass is 10.1. The van der Waals surface area contributed by atoms with Crippen LogP contribution in [0, 0.1) is 0 Å². The van der Waals surface area contributed by atoms with Crippen LogP contribution in [0.4, 0.5) is 10.5 Å². The Kier molecular flexibility index (Phi) is 6.96. The Balaban J connectivity index is 1.99. The first-order valence-electron chi connectivity index (χ1n) is 9.54. The van der Waals surface area contributed by atoms with Crippen LogP contribution in [0.3, 0.4) is 0 Å². The molecule has 2 aromatic carbocycles. The van der Waals surface area contributed by atoms with Crippen molar-refractivity contribution in [2.75, 3.05) is 25.2 Å². The molecule has 8 nitrogen and oxygen atoms in total. The molecule has 1 N–H and O–H groups in total. The third-order valence-electron chi connectivity index (χ3n) is 4.35. The van der Waals surface area contributed by atoms with Gasteiger partial charge in [0.1, 0.15) is 11.3 Å². The van der Waals surface area contributed by atoms with Gasteiger partial charge in [0, 0.05) is 0 Å². The van der Waals surface area contributed by atoms with Crippen molar-refractivity contribution in [1.82, 2.24) is 5.32 Å². The third kappa shape index (κ3) is 4.72. The summed E-state index contributed by atoms with van der Waals surface area (Å²) in [7, 11) is 1.51. The summed E-state index contributed by atoms with van der Waals surface area (Å²) in [4.78, 5) is 38.8. The predicted octanol–water partition coefficient (Wildman–Crippen LogP) is 3.92. The summed E-state index contributed by atoms with van der Waals surface area (Å²) in [5.74, 6) is 0.0448. The van der Waals surface area contributed by atoms with Gasteiger partial charge in [-0.1, -0.05) is 0 Å². The molecule has 3 rings (SSSR count).